The fourth-order valence-electron chi connectivity index (χ4n) is 3.65. The van der Waals surface area contributed by atoms with Crippen molar-refractivity contribution < 1.29 is 29.3 Å². The van der Waals surface area contributed by atoms with Gasteiger partial charge in [-0.3, -0.25) is 0 Å². The van der Waals surface area contributed by atoms with Crippen LogP contribution in [0.3, 0.4) is 0 Å². The number of primary amides is 1. The van der Waals surface area contributed by atoms with Gasteiger partial charge in [0.25, 0.3) is 0 Å². The van der Waals surface area contributed by atoms with Gasteiger partial charge in [0, 0.05) is 18.4 Å². The highest BCUT2D eigenvalue weighted by Gasteiger charge is 2.27. The largest absolute Gasteiger partial charge is 0.458 e. The van der Waals surface area contributed by atoms with E-state index >= 15 is 0 Å². The molecule has 1 amide bonds. The van der Waals surface area contributed by atoms with Crippen LogP contribution in [0.2, 0.25) is 0 Å². The highest BCUT2D eigenvalue weighted by atomic mass is 16.6. The van der Waals surface area contributed by atoms with Gasteiger partial charge in [-0.15, -0.1) is 0 Å². The Morgan fingerprint density at radius 3 is 2.66 bits per heavy atom. The molecule has 0 radical (unpaired) electrons. The first-order valence-electron chi connectivity index (χ1n) is 12.1. The minimum Gasteiger partial charge on any atom is -0.458 e. The van der Waals surface area contributed by atoms with Crippen LogP contribution in [0.15, 0.2) is 72.4 Å². The lowest BCUT2D eigenvalue weighted by Gasteiger charge is -2.24. The fourth-order valence-corrected chi connectivity index (χ4v) is 3.65. The topological polar surface area (TPSA) is 119 Å². The quantitative estimate of drug-likeness (QED) is 0.297. The predicted molar refractivity (Wildman–Crippen MR) is 138 cm³/mol. The van der Waals surface area contributed by atoms with E-state index in [0.29, 0.717) is 38.5 Å². The molecule has 0 aliphatic carbocycles. The van der Waals surface area contributed by atoms with Crippen molar-refractivity contribution in [2.45, 2.75) is 83.7 Å². The maximum atomic E-state index is 12.4. The lowest BCUT2D eigenvalue weighted by Crippen LogP contribution is -2.40. The molecule has 5 unspecified atom stereocenters. The average Bonchev–Trinajstić information content (AvgIpc) is 2.80. The van der Waals surface area contributed by atoms with Gasteiger partial charge in [-0.05, 0) is 46.0 Å². The Morgan fingerprint density at radius 2 is 1.97 bits per heavy atom. The van der Waals surface area contributed by atoms with Crippen LogP contribution in [-0.4, -0.2) is 46.7 Å². The van der Waals surface area contributed by atoms with Crippen LogP contribution in [-0.2, 0) is 14.3 Å². The number of rotatable bonds is 4. The van der Waals surface area contributed by atoms with Crippen molar-refractivity contribution in [3.05, 3.63) is 72.4 Å². The molecule has 0 bridgehead atoms. The van der Waals surface area contributed by atoms with E-state index < -0.39 is 30.4 Å². The molecule has 1 rings (SSSR count). The minimum atomic E-state index is -1.29. The van der Waals surface area contributed by atoms with Gasteiger partial charge in [-0.25, -0.2) is 9.59 Å². The number of esters is 1. The summed E-state index contributed by atoms with van der Waals surface area (Å²) >= 11 is 0. The zero-order valence-corrected chi connectivity index (χ0v) is 21.1. The second-order valence-corrected chi connectivity index (χ2v) is 8.89. The summed E-state index contributed by atoms with van der Waals surface area (Å²) in [6.45, 7) is 9.76. The normalized spacial score (nSPS) is 31.1. The second kappa shape index (κ2) is 16.7. The molecule has 194 valence electrons. The van der Waals surface area contributed by atoms with Crippen molar-refractivity contribution in [1.29, 1.82) is 0 Å². The molecule has 0 saturated carbocycles. The monoisotopic (exact) mass is 487 g/mol. The molecule has 35 heavy (non-hydrogen) atoms. The number of amides is 1. The minimum absolute atomic E-state index is 0.00794. The van der Waals surface area contributed by atoms with Crippen molar-refractivity contribution in [3.8, 4) is 0 Å². The van der Waals surface area contributed by atoms with E-state index in [4.69, 9.17) is 15.2 Å². The van der Waals surface area contributed by atoms with E-state index in [1.807, 2.05) is 45.1 Å². The lowest BCUT2D eigenvalue weighted by molar-refractivity contribution is -0.144. The van der Waals surface area contributed by atoms with Gasteiger partial charge in [-0.1, -0.05) is 73.3 Å². The summed E-state index contributed by atoms with van der Waals surface area (Å²) in [5, 5.41) is 20.7. The van der Waals surface area contributed by atoms with E-state index in [0.717, 1.165) is 11.1 Å². The molecule has 0 spiro atoms. The lowest BCUT2D eigenvalue weighted by atomic mass is 9.95. The van der Waals surface area contributed by atoms with Crippen molar-refractivity contribution in [2.75, 3.05) is 0 Å². The molecule has 1 aliphatic rings. The Hall–Kier alpha value is -2.90. The van der Waals surface area contributed by atoms with Gasteiger partial charge in [0.15, 0.2) is 0 Å². The molecule has 5 atom stereocenters. The van der Waals surface area contributed by atoms with Crippen LogP contribution in [0.5, 0.6) is 0 Å². The molecule has 1 aliphatic heterocycles. The molecule has 7 nitrogen and oxygen atoms in total. The summed E-state index contributed by atoms with van der Waals surface area (Å²) in [6.07, 6.45) is 14.6. The van der Waals surface area contributed by atoms with Crippen LogP contribution in [0.4, 0.5) is 4.79 Å². The number of nitrogens with two attached hydrogens (primary N) is 1. The number of allylic oxidation sites excluding steroid dienone is 7. The van der Waals surface area contributed by atoms with Crippen LogP contribution < -0.4 is 5.73 Å². The SMILES string of the molecule is C=C/C(C)=C/C(C)C1C/C(C)=C/C=C/CCCC(OC(N)=O)C(O)C(O)/C=C/CC/C=C/C(=O)O1. The third kappa shape index (κ3) is 12.9. The number of aliphatic hydroxyl groups is 2. The standard InChI is InChI=1S/C28H41NO6/c1-5-20(2)18-22(4)25-19-21(3)14-10-6-8-12-16-24(35-28(29)33)27(32)23(30)15-11-7-9-13-17-26(31)34-25/h5-6,10-11,13-15,17-18,22-25,27,30,32H,1,7-9,12,16,19H2,2-4H3,(H2,29,33)/b10-6+,15-11+,17-13+,20-18+,21-14+. The van der Waals surface area contributed by atoms with Gasteiger partial charge in [0.1, 0.15) is 24.4 Å². The van der Waals surface area contributed by atoms with Crippen molar-refractivity contribution in [2.24, 2.45) is 11.7 Å². The molecular weight excluding hydrogens is 446 g/mol. The van der Waals surface area contributed by atoms with Crippen molar-refractivity contribution in [1.82, 2.24) is 0 Å². The first kappa shape index (κ1) is 30.1. The molecule has 1 heterocycles. The Labute approximate surface area is 209 Å². The first-order valence-corrected chi connectivity index (χ1v) is 12.1. The van der Waals surface area contributed by atoms with Crippen molar-refractivity contribution >= 4 is 12.1 Å². The molecule has 0 saturated heterocycles. The Bertz CT molecular complexity index is 838. The Morgan fingerprint density at radius 1 is 1.26 bits per heavy atom. The summed E-state index contributed by atoms with van der Waals surface area (Å²) in [6, 6.07) is 0. The number of carbonyl (C=O) groups is 2. The number of carbonyl (C=O) groups excluding carboxylic acids is 2. The number of ether oxygens (including phenoxy) is 2. The van der Waals surface area contributed by atoms with E-state index in [9.17, 15) is 19.8 Å². The van der Waals surface area contributed by atoms with Gasteiger partial charge in [0.05, 0.1) is 0 Å². The smallest absolute Gasteiger partial charge is 0.404 e. The van der Waals surface area contributed by atoms with Crippen LogP contribution in [0, 0.1) is 5.92 Å². The molecule has 0 aromatic carbocycles. The summed E-state index contributed by atoms with van der Waals surface area (Å²) in [4.78, 5) is 23.7. The van der Waals surface area contributed by atoms with E-state index in [2.05, 4.69) is 6.58 Å². The van der Waals surface area contributed by atoms with Crippen molar-refractivity contribution in [3.63, 3.8) is 0 Å². The van der Waals surface area contributed by atoms with Crippen LogP contribution >= 0.6 is 0 Å². The predicted octanol–water partition coefficient (Wildman–Crippen LogP) is 4.82. The maximum Gasteiger partial charge on any atom is 0.404 e. The van der Waals surface area contributed by atoms with E-state index in [-0.39, 0.29) is 12.0 Å². The second-order valence-electron chi connectivity index (χ2n) is 8.89. The maximum absolute atomic E-state index is 12.4. The van der Waals surface area contributed by atoms with Gasteiger partial charge in [-0.2, -0.15) is 0 Å². The first-order chi connectivity index (χ1) is 16.6. The highest BCUT2D eigenvalue weighted by molar-refractivity contribution is 5.82. The van der Waals surface area contributed by atoms with Gasteiger partial charge in [0.2, 0.25) is 0 Å². The number of cyclic esters (lactones) is 1. The molecule has 0 fully saturated rings. The van der Waals surface area contributed by atoms with Crippen LogP contribution in [0.1, 0.15) is 59.3 Å². The van der Waals surface area contributed by atoms with Crippen LogP contribution in [0.25, 0.3) is 0 Å². The molecule has 7 heteroatoms. The highest BCUT2D eigenvalue weighted by Crippen LogP contribution is 2.21. The molecular formula is C28H41NO6. The third-order valence-corrected chi connectivity index (χ3v) is 5.69. The zero-order chi connectivity index (χ0) is 26.2. The zero-order valence-electron chi connectivity index (χ0n) is 21.1. The number of hydrogen-bond donors (Lipinski definition) is 3. The number of hydrogen-bond acceptors (Lipinski definition) is 6. The third-order valence-electron chi connectivity index (χ3n) is 5.69. The summed E-state index contributed by atoms with van der Waals surface area (Å²) < 4.78 is 10.8. The van der Waals surface area contributed by atoms with E-state index in [1.165, 1.54) is 12.2 Å². The molecule has 0 aromatic heterocycles. The Balaban J connectivity index is 3.05. The molecule has 4 N–H and O–H groups in total. The average molecular weight is 488 g/mol. The Kier molecular flexibility index (Phi) is 14.4. The summed E-state index contributed by atoms with van der Waals surface area (Å²) in [5.74, 6) is -0.399. The summed E-state index contributed by atoms with van der Waals surface area (Å²) in [7, 11) is 0. The summed E-state index contributed by atoms with van der Waals surface area (Å²) in [5.41, 5.74) is 7.22. The number of aliphatic hydroxyl groups excluding tert-OH is 2. The fraction of sp³-hybridized carbons (Fsp3) is 0.500. The van der Waals surface area contributed by atoms with E-state index in [1.54, 1.807) is 18.2 Å². The van der Waals surface area contributed by atoms with Gasteiger partial charge < -0.3 is 25.4 Å². The van der Waals surface area contributed by atoms with Gasteiger partial charge >= 0.3 is 12.1 Å². The molecule has 0 aromatic rings.